The molecule has 0 spiro atoms. The van der Waals surface area contributed by atoms with Crippen LogP contribution in [0.4, 0.5) is 5.69 Å². The van der Waals surface area contributed by atoms with Gasteiger partial charge in [0.15, 0.2) is 0 Å². The van der Waals surface area contributed by atoms with E-state index in [1.54, 1.807) is 7.11 Å². The van der Waals surface area contributed by atoms with Crippen LogP contribution in [0.3, 0.4) is 0 Å². The van der Waals surface area contributed by atoms with Crippen molar-refractivity contribution in [2.45, 2.75) is 27.2 Å². The van der Waals surface area contributed by atoms with Crippen LogP contribution in [-0.4, -0.2) is 26.7 Å². The summed E-state index contributed by atoms with van der Waals surface area (Å²) in [5.74, 6) is 1.74. The van der Waals surface area contributed by atoms with Crippen LogP contribution >= 0.6 is 0 Å². The molecule has 0 radical (unpaired) electrons. The number of hydrogen-bond acceptors (Lipinski definition) is 3. The highest BCUT2D eigenvalue weighted by Gasteiger charge is 2.16. The number of ether oxygens (including phenoxy) is 1. The molecule has 1 saturated heterocycles. The van der Waals surface area contributed by atoms with Gasteiger partial charge in [0, 0.05) is 12.2 Å². The molecule has 2 rings (SSSR count). The van der Waals surface area contributed by atoms with E-state index in [2.05, 4.69) is 37.5 Å². The predicted octanol–water partition coefficient (Wildman–Crippen LogP) is 2.64. The Labute approximate surface area is 110 Å². The summed E-state index contributed by atoms with van der Waals surface area (Å²) in [5, 5.41) is 7.03. The van der Waals surface area contributed by atoms with Crippen LogP contribution in [0.5, 0.6) is 5.75 Å². The fraction of sp³-hybridized carbons (Fsp3) is 0.600. The van der Waals surface area contributed by atoms with Gasteiger partial charge >= 0.3 is 0 Å². The third kappa shape index (κ3) is 2.61. The van der Waals surface area contributed by atoms with E-state index in [-0.39, 0.29) is 0 Å². The number of rotatable bonds is 4. The predicted molar refractivity (Wildman–Crippen MR) is 76.7 cm³/mol. The van der Waals surface area contributed by atoms with Crippen LogP contribution in [-0.2, 0) is 0 Å². The molecule has 3 heteroatoms. The molecule has 0 bridgehead atoms. The summed E-state index contributed by atoms with van der Waals surface area (Å²) in [6.45, 7) is 9.78. The van der Waals surface area contributed by atoms with Gasteiger partial charge in [0.05, 0.1) is 7.11 Å². The highest BCUT2D eigenvalue weighted by molar-refractivity contribution is 5.63. The third-order valence-electron chi connectivity index (χ3n) is 4.00. The lowest BCUT2D eigenvalue weighted by Gasteiger charge is -2.19. The maximum absolute atomic E-state index is 5.40. The van der Waals surface area contributed by atoms with Crippen LogP contribution < -0.4 is 15.4 Å². The van der Waals surface area contributed by atoms with E-state index in [4.69, 9.17) is 4.74 Å². The Bertz CT molecular complexity index is 423. The molecule has 1 atom stereocenters. The SMILES string of the molecule is COc1cc(C)c(NCC2CCNC2)c(C)c1C. The van der Waals surface area contributed by atoms with Crippen molar-refractivity contribution in [3.63, 3.8) is 0 Å². The van der Waals surface area contributed by atoms with Gasteiger partial charge in [-0.1, -0.05) is 0 Å². The first kappa shape index (κ1) is 13.2. The number of nitrogens with one attached hydrogen (secondary N) is 2. The molecule has 1 aliphatic rings. The van der Waals surface area contributed by atoms with Gasteiger partial charge in [0.1, 0.15) is 5.75 Å². The Hall–Kier alpha value is -1.22. The second-order valence-electron chi connectivity index (χ2n) is 5.26. The highest BCUT2D eigenvalue weighted by atomic mass is 16.5. The first-order valence-electron chi connectivity index (χ1n) is 6.73. The molecule has 1 aromatic carbocycles. The van der Waals surface area contributed by atoms with E-state index < -0.39 is 0 Å². The minimum Gasteiger partial charge on any atom is -0.496 e. The summed E-state index contributed by atoms with van der Waals surface area (Å²) < 4.78 is 5.40. The summed E-state index contributed by atoms with van der Waals surface area (Å²) in [7, 11) is 1.73. The molecule has 0 saturated carbocycles. The minimum atomic E-state index is 0.756. The van der Waals surface area contributed by atoms with Crippen molar-refractivity contribution in [1.29, 1.82) is 0 Å². The van der Waals surface area contributed by atoms with Crippen molar-refractivity contribution in [2.75, 3.05) is 32.1 Å². The summed E-state index contributed by atoms with van der Waals surface area (Å²) in [6.07, 6.45) is 1.28. The first-order chi connectivity index (χ1) is 8.63. The molecule has 1 unspecified atom stereocenters. The fourth-order valence-corrected chi connectivity index (χ4v) is 2.66. The number of hydrogen-bond donors (Lipinski definition) is 2. The monoisotopic (exact) mass is 248 g/mol. The van der Waals surface area contributed by atoms with Gasteiger partial charge in [0.25, 0.3) is 0 Å². The van der Waals surface area contributed by atoms with E-state index in [0.717, 1.165) is 31.3 Å². The maximum atomic E-state index is 5.40. The Morgan fingerprint density at radius 3 is 2.72 bits per heavy atom. The summed E-state index contributed by atoms with van der Waals surface area (Å²) >= 11 is 0. The molecule has 18 heavy (non-hydrogen) atoms. The standard InChI is InChI=1S/C15H24N2O/c1-10-7-14(18-4)11(2)12(3)15(10)17-9-13-5-6-16-8-13/h7,13,16-17H,5-6,8-9H2,1-4H3. The lowest BCUT2D eigenvalue weighted by atomic mass is 10.0. The lowest BCUT2D eigenvalue weighted by molar-refractivity contribution is 0.411. The molecule has 0 aromatic heterocycles. The van der Waals surface area contributed by atoms with Crippen molar-refractivity contribution in [3.05, 3.63) is 22.8 Å². The molecule has 3 nitrogen and oxygen atoms in total. The molecule has 2 N–H and O–H groups in total. The zero-order valence-corrected chi connectivity index (χ0v) is 11.9. The average Bonchev–Trinajstić information content (AvgIpc) is 2.86. The Balaban J connectivity index is 2.14. The van der Waals surface area contributed by atoms with Crippen molar-refractivity contribution in [3.8, 4) is 5.75 Å². The number of anilines is 1. The van der Waals surface area contributed by atoms with Crippen molar-refractivity contribution in [2.24, 2.45) is 5.92 Å². The maximum Gasteiger partial charge on any atom is 0.122 e. The van der Waals surface area contributed by atoms with E-state index in [1.807, 2.05) is 0 Å². The molecule has 100 valence electrons. The number of benzene rings is 1. The lowest BCUT2D eigenvalue weighted by Crippen LogP contribution is -2.18. The van der Waals surface area contributed by atoms with Crippen LogP contribution in [0.2, 0.25) is 0 Å². The minimum absolute atomic E-state index is 0.756. The first-order valence-corrected chi connectivity index (χ1v) is 6.73. The summed E-state index contributed by atoms with van der Waals surface area (Å²) in [4.78, 5) is 0. The van der Waals surface area contributed by atoms with Gasteiger partial charge in [-0.15, -0.1) is 0 Å². The van der Waals surface area contributed by atoms with Gasteiger partial charge < -0.3 is 15.4 Å². The van der Waals surface area contributed by atoms with Crippen molar-refractivity contribution in [1.82, 2.24) is 5.32 Å². The number of aryl methyl sites for hydroxylation is 1. The Kier molecular flexibility index (Phi) is 4.12. The van der Waals surface area contributed by atoms with E-state index in [0.29, 0.717) is 0 Å². The van der Waals surface area contributed by atoms with Crippen molar-refractivity contribution < 1.29 is 4.74 Å². The van der Waals surface area contributed by atoms with Gasteiger partial charge in [-0.2, -0.15) is 0 Å². The molecule has 1 heterocycles. The molecule has 1 fully saturated rings. The van der Waals surface area contributed by atoms with Crippen LogP contribution in [0.15, 0.2) is 6.07 Å². The largest absolute Gasteiger partial charge is 0.496 e. The summed E-state index contributed by atoms with van der Waals surface area (Å²) in [5.41, 5.74) is 5.08. The quantitative estimate of drug-likeness (QED) is 0.859. The zero-order chi connectivity index (χ0) is 13.1. The molecule has 1 aromatic rings. The molecule has 1 aliphatic heterocycles. The average molecular weight is 248 g/mol. The van der Waals surface area contributed by atoms with E-state index in [1.165, 1.54) is 28.8 Å². The van der Waals surface area contributed by atoms with Crippen LogP contribution in [0.1, 0.15) is 23.1 Å². The molecule has 0 amide bonds. The van der Waals surface area contributed by atoms with Gasteiger partial charge in [-0.3, -0.25) is 0 Å². The zero-order valence-electron chi connectivity index (χ0n) is 11.9. The van der Waals surface area contributed by atoms with Gasteiger partial charge in [-0.05, 0) is 69.0 Å². The van der Waals surface area contributed by atoms with Crippen LogP contribution in [0.25, 0.3) is 0 Å². The van der Waals surface area contributed by atoms with Gasteiger partial charge in [0.2, 0.25) is 0 Å². The fourth-order valence-electron chi connectivity index (χ4n) is 2.66. The topological polar surface area (TPSA) is 33.3 Å². The normalized spacial score (nSPS) is 19.0. The third-order valence-corrected chi connectivity index (χ3v) is 4.00. The molecular weight excluding hydrogens is 224 g/mol. The smallest absolute Gasteiger partial charge is 0.122 e. The highest BCUT2D eigenvalue weighted by Crippen LogP contribution is 2.31. The van der Waals surface area contributed by atoms with Crippen molar-refractivity contribution >= 4 is 5.69 Å². The molecular formula is C15H24N2O. The second kappa shape index (κ2) is 5.61. The molecule has 0 aliphatic carbocycles. The second-order valence-corrected chi connectivity index (χ2v) is 5.26. The Morgan fingerprint density at radius 2 is 2.11 bits per heavy atom. The van der Waals surface area contributed by atoms with E-state index >= 15 is 0 Å². The summed E-state index contributed by atoms with van der Waals surface area (Å²) in [6, 6.07) is 2.12. The Morgan fingerprint density at radius 1 is 1.33 bits per heavy atom. The number of methoxy groups -OCH3 is 1. The van der Waals surface area contributed by atoms with E-state index in [9.17, 15) is 0 Å². The van der Waals surface area contributed by atoms with Crippen LogP contribution in [0, 0.1) is 26.7 Å². The van der Waals surface area contributed by atoms with Gasteiger partial charge in [-0.25, -0.2) is 0 Å².